The van der Waals surface area contributed by atoms with Crippen molar-refractivity contribution in [1.29, 1.82) is 0 Å². The van der Waals surface area contributed by atoms with Gasteiger partial charge in [-0.25, -0.2) is 4.79 Å². The molecule has 2 aliphatic heterocycles. The van der Waals surface area contributed by atoms with E-state index in [4.69, 9.17) is 0 Å². The van der Waals surface area contributed by atoms with Gasteiger partial charge in [-0.3, -0.25) is 9.59 Å². The topological polar surface area (TPSA) is 90.5 Å². The van der Waals surface area contributed by atoms with Crippen molar-refractivity contribution in [3.05, 3.63) is 12.7 Å². The van der Waals surface area contributed by atoms with Crippen molar-refractivity contribution >= 4 is 17.8 Å². The first-order valence-electron chi connectivity index (χ1n) is 7.21. The molecule has 3 atom stereocenters. The summed E-state index contributed by atoms with van der Waals surface area (Å²) in [6.45, 7) is 8.17. The molecule has 0 saturated carbocycles. The minimum absolute atomic E-state index is 0.0466. The van der Waals surface area contributed by atoms with Crippen molar-refractivity contribution in [2.24, 2.45) is 5.92 Å². The highest BCUT2D eigenvalue weighted by Gasteiger charge is 2.49. The summed E-state index contributed by atoms with van der Waals surface area (Å²) in [5, 5.41) is 8.13. The quantitative estimate of drug-likeness (QED) is 0.616. The van der Waals surface area contributed by atoms with Crippen molar-refractivity contribution < 1.29 is 14.4 Å². The lowest BCUT2D eigenvalue weighted by Gasteiger charge is -2.37. The summed E-state index contributed by atoms with van der Waals surface area (Å²) < 4.78 is 0. The van der Waals surface area contributed by atoms with Crippen LogP contribution in [0.3, 0.4) is 0 Å². The van der Waals surface area contributed by atoms with E-state index in [1.807, 2.05) is 13.8 Å². The Labute approximate surface area is 124 Å². The van der Waals surface area contributed by atoms with Gasteiger partial charge < -0.3 is 20.9 Å². The fourth-order valence-electron chi connectivity index (χ4n) is 2.83. The number of hydrogen-bond acceptors (Lipinski definition) is 3. The largest absolute Gasteiger partial charge is 0.342 e. The van der Waals surface area contributed by atoms with Gasteiger partial charge in [-0.1, -0.05) is 19.9 Å². The molecule has 0 unspecified atom stereocenters. The zero-order chi connectivity index (χ0) is 15.6. The highest BCUT2D eigenvalue weighted by Crippen LogP contribution is 2.24. The molecule has 0 aromatic carbocycles. The number of nitrogens with one attached hydrogen (secondary N) is 3. The van der Waals surface area contributed by atoms with Crippen LogP contribution in [0.25, 0.3) is 0 Å². The van der Waals surface area contributed by atoms with Crippen LogP contribution < -0.4 is 16.0 Å². The van der Waals surface area contributed by atoms with Gasteiger partial charge in [-0.2, -0.15) is 0 Å². The molecule has 0 radical (unpaired) electrons. The van der Waals surface area contributed by atoms with Crippen LogP contribution in [-0.2, 0) is 9.59 Å². The standard InChI is InChI=1S/C14H22N4O3/c1-4-6-15-14(21)16-9-5-7-18-11(9)12(19)17-10(8(2)3)13(18)20/h4,8-11H,1,5-7H2,2-3H3,(H,17,19)(H2,15,16,21)/t9-,10+,11-/m0/s1. The molecule has 0 aliphatic carbocycles. The summed E-state index contributed by atoms with van der Waals surface area (Å²) in [5.74, 6) is -0.212. The highest BCUT2D eigenvalue weighted by molar-refractivity contribution is 5.98. The first-order chi connectivity index (χ1) is 9.95. The zero-order valence-electron chi connectivity index (χ0n) is 12.4. The Hall–Kier alpha value is -2.05. The second-order valence-corrected chi connectivity index (χ2v) is 5.74. The van der Waals surface area contributed by atoms with Crippen LogP contribution in [0.15, 0.2) is 12.7 Å². The van der Waals surface area contributed by atoms with E-state index in [0.29, 0.717) is 19.5 Å². The highest BCUT2D eigenvalue weighted by atomic mass is 16.2. The molecule has 21 heavy (non-hydrogen) atoms. The number of piperazine rings is 1. The first-order valence-corrected chi connectivity index (χ1v) is 7.21. The van der Waals surface area contributed by atoms with Gasteiger partial charge in [0.15, 0.2) is 0 Å². The van der Waals surface area contributed by atoms with Gasteiger partial charge in [0, 0.05) is 13.1 Å². The Balaban J connectivity index is 2.04. The fourth-order valence-corrected chi connectivity index (χ4v) is 2.83. The predicted molar refractivity (Wildman–Crippen MR) is 77.4 cm³/mol. The molecular formula is C14H22N4O3. The van der Waals surface area contributed by atoms with Gasteiger partial charge in [0.25, 0.3) is 0 Å². The van der Waals surface area contributed by atoms with Crippen LogP contribution in [0.2, 0.25) is 0 Å². The summed E-state index contributed by atoms with van der Waals surface area (Å²) in [4.78, 5) is 37.9. The van der Waals surface area contributed by atoms with E-state index in [1.54, 1.807) is 11.0 Å². The second kappa shape index (κ2) is 6.15. The Bertz CT molecular complexity index is 463. The molecular weight excluding hydrogens is 272 g/mol. The van der Waals surface area contributed by atoms with E-state index in [1.165, 1.54) is 0 Å². The number of rotatable bonds is 4. The molecule has 0 spiro atoms. The summed E-state index contributed by atoms with van der Waals surface area (Å²) >= 11 is 0. The molecule has 2 saturated heterocycles. The predicted octanol–water partition coefficient (Wildman–Crippen LogP) is -0.404. The lowest BCUT2D eigenvalue weighted by Crippen LogP contribution is -2.66. The number of hydrogen-bond donors (Lipinski definition) is 3. The van der Waals surface area contributed by atoms with Crippen LogP contribution in [-0.4, -0.2) is 54.0 Å². The maximum atomic E-state index is 12.4. The molecule has 3 N–H and O–H groups in total. The third-order valence-electron chi connectivity index (χ3n) is 3.90. The monoisotopic (exact) mass is 294 g/mol. The molecule has 7 nitrogen and oxygen atoms in total. The van der Waals surface area contributed by atoms with Crippen molar-refractivity contribution in [2.45, 2.75) is 38.4 Å². The van der Waals surface area contributed by atoms with Crippen molar-refractivity contribution in [1.82, 2.24) is 20.9 Å². The van der Waals surface area contributed by atoms with Gasteiger partial charge in [0.2, 0.25) is 11.8 Å². The van der Waals surface area contributed by atoms with Gasteiger partial charge >= 0.3 is 6.03 Å². The normalized spacial score (nSPS) is 28.1. The van der Waals surface area contributed by atoms with Gasteiger partial charge in [-0.15, -0.1) is 6.58 Å². The molecule has 7 heteroatoms. The average molecular weight is 294 g/mol. The molecule has 0 aromatic rings. The lowest BCUT2D eigenvalue weighted by molar-refractivity contribution is -0.148. The number of nitrogens with zero attached hydrogens (tertiary/aromatic N) is 1. The van der Waals surface area contributed by atoms with E-state index in [-0.39, 0.29) is 29.8 Å². The lowest BCUT2D eigenvalue weighted by atomic mass is 9.97. The van der Waals surface area contributed by atoms with E-state index in [2.05, 4.69) is 22.5 Å². The molecule has 2 fully saturated rings. The molecule has 2 aliphatic rings. The Kier molecular flexibility index (Phi) is 4.50. The molecule has 2 rings (SSSR count). The summed E-state index contributed by atoms with van der Waals surface area (Å²) in [6.07, 6.45) is 2.15. The minimum Gasteiger partial charge on any atom is -0.342 e. The van der Waals surface area contributed by atoms with Crippen LogP contribution in [0.4, 0.5) is 4.79 Å². The molecule has 4 amide bonds. The number of carbonyl (C=O) groups excluding carboxylic acids is 3. The van der Waals surface area contributed by atoms with Crippen molar-refractivity contribution in [3.63, 3.8) is 0 Å². The van der Waals surface area contributed by atoms with Crippen LogP contribution in [0, 0.1) is 5.92 Å². The Morgan fingerprint density at radius 2 is 2.24 bits per heavy atom. The third-order valence-corrected chi connectivity index (χ3v) is 3.90. The fraction of sp³-hybridized carbons (Fsp3) is 0.643. The number of urea groups is 1. The van der Waals surface area contributed by atoms with Crippen molar-refractivity contribution in [3.8, 4) is 0 Å². The van der Waals surface area contributed by atoms with E-state index >= 15 is 0 Å². The zero-order valence-corrected chi connectivity index (χ0v) is 12.4. The van der Waals surface area contributed by atoms with Gasteiger partial charge in [0.1, 0.15) is 12.1 Å². The summed E-state index contributed by atoms with van der Waals surface area (Å²) in [7, 11) is 0. The third kappa shape index (κ3) is 3.01. The summed E-state index contributed by atoms with van der Waals surface area (Å²) in [5.41, 5.74) is 0. The number of fused-ring (bicyclic) bond motifs is 1. The molecule has 2 heterocycles. The first kappa shape index (κ1) is 15.3. The van der Waals surface area contributed by atoms with Gasteiger partial charge in [0.05, 0.1) is 6.04 Å². The smallest absolute Gasteiger partial charge is 0.315 e. The maximum absolute atomic E-state index is 12.4. The molecule has 116 valence electrons. The number of amides is 4. The maximum Gasteiger partial charge on any atom is 0.315 e. The van der Waals surface area contributed by atoms with E-state index in [9.17, 15) is 14.4 Å². The van der Waals surface area contributed by atoms with Crippen molar-refractivity contribution in [2.75, 3.05) is 13.1 Å². The average Bonchev–Trinajstić information content (AvgIpc) is 2.84. The minimum atomic E-state index is -0.609. The Morgan fingerprint density at radius 1 is 1.52 bits per heavy atom. The summed E-state index contributed by atoms with van der Waals surface area (Å²) in [6, 6.07) is -1.79. The van der Waals surface area contributed by atoms with Crippen LogP contribution in [0.1, 0.15) is 20.3 Å². The molecule has 0 bridgehead atoms. The van der Waals surface area contributed by atoms with Crippen LogP contribution in [0.5, 0.6) is 0 Å². The Morgan fingerprint density at radius 3 is 2.86 bits per heavy atom. The van der Waals surface area contributed by atoms with Gasteiger partial charge in [-0.05, 0) is 12.3 Å². The van der Waals surface area contributed by atoms with E-state index in [0.717, 1.165) is 0 Å². The van der Waals surface area contributed by atoms with Crippen LogP contribution >= 0.6 is 0 Å². The number of carbonyl (C=O) groups is 3. The second-order valence-electron chi connectivity index (χ2n) is 5.74. The molecule has 0 aromatic heterocycles. The van der Waals surface area contributed by atoms with E-state index < -0.39 is 12.1 Å². The SMILES string of the molecule is C=CCNC(=O)N[C@H]1CCN2C(=O)[C@@H](C(C)C)NC(=O)[C@H]12.